The summed E-state index contributed by atoms with van der Waals surface area (Å²) in [6.07, 6.45) is 0.254. The summed E-state index contributed by atoms with van der Waals surface area (Å²) in [4.78, 5) is 22.5. The molecule has 0 atom stereocenters. The summed E-state index contributed by atoms with van der Waals surface area (Å²) in [5.41, 5.74) is -0.508. The normalized spacial score (nSPS) is 11.5. The van der Waals surface area contributed by atoms with Gasteiger partial charge in [0.2, 0.25) is 0 Å². The van der Waals surface area contributed by atoms with Gasteiger partial charge in [0.1, 0.15) is 12.2 Å². The molecule has 0 bridgehead atoms. The number of rotatable bonds is 24. The largest absolute Gasteiger partial charge is 0.466 e. The van der Waals surface area contributed by atoms with Crippen LogP contribution >= 0.6 is 0 Å². The maximum absolute atomic E-state index is 11.4. The Morgan fingerprint density at radius 3 is 1.24 bits per heavy atom. The lowest BCUT2D eigenvalue weighted by Gasteiger charge is -2.19. The highest BCUT2D eigenvalue weighted by Gasteiger charge is 2.15. The first-order valence-electron chi connectivity index (χ1n) is 11.8. The van der Waals surface area contributed by atoms with Gasteiger partial charge in [-0.05, 0) is 27.7 Å². The summed E-state index contributed by atoms with van der Waals surface area (Å²) in [7, 11) is 0. The molecular weight excluding hydrogens is 452 g/mol. The Morgan fingerprint density at radius 1 is 0.529 bits per heavy atom. The highest BCUT2D eigenvalue weighted by molar-refractivity contribution is 5.71. The fourth-order valence-corrected chi connectivity index (χ4v) is 2.23. The number of ether oxygens (including phenoxy) is 9. The summed E-state index contributed by atoms with van der Waals surface area (Å²) >= 11 is 0. The van der Waals surface area contributed by atoms with Crippen LogP contribution in [0.3, 0.4) is 0 Å². The Kier molecular flexibility index (Phi) is 22.5. The predicted octanol–water partition coefficient (Wildman–Crippen LogP) is 1.40. The zero-order valence-corrected chi connectivity index (χ0v) is 21.3. The summed E-state index contributed by atoms with van der Waals surface area (Å²) < 4.78 is 47.3. The second-order valence-corrected chi connectivity index (χ2v) is 7.87. The van der Waals surface area contributed by atoms with Crippen LogP contribution < -0.4 is 0 Å². The van der Waals surface area contributed by atoms with E-state index >= 15 is 0 Å². The van der Waals surface area contributed by atoms with E-state index in [1.165, 1.54) is 0 Å². The van der Waals surface area contributed by atoms with E-state index in [9.17, 15) is 9.59 Å². The van der Waals surface area contributed by atoms with Gasteiger partial charge < -0.3 is 42.6 Å². The number of hydrogen-bond donors (Lipinski definition) is 0. The minimum atomic E-state index is -0.508. The van der Waals surface area contributed by atoms with Crippen molar-refractivity contribution in [1.82, 2.24) is 0 Å². The molecule has 0 rings (SSSR count). The molecule has 0 aromatic heterocycles. The molecule has 0 saturated carbocycles. The van der Waals surface area contributed by atoms with Crippen molar-refractivity contribution in [1.29, 1.82) is 0 Å². The van der Waals surface area contributed by atoms with Crippen LogP contribution in [0.5, 0.6) is 0 Å². The van der Waals surface area contributed by atoms with Crippen molar-refractivity contribution in [3.8, 4) is 0 Å². The second kappa shape index (κ2) is 23.4. The van der Waals surface area contributed by atoms with E-state index in [2.05, 4.69) is 0 Å². The van der Waals surface area contributed by atoms with Gasteiger partial charge in [-0.25, -0.2) is 4.79 Å². The molecule has 0 aliphatic heterocycles. The average Bonchev–Trinajstić information content (AvgIpc) is 2.76. The van der Waals surface area contributed by atoms with Gasteiger partial charge >= 0.3 is 11.9 Å². The first-order chi connectivity index (χ1) is 16.3. The molecule has 0 aromatic rings. The molecule has 0 aromatic carbocycles. The molecule has 0 radical (unpaired) electrons. The van der Waals surface area contributed by atoms with Crippen molar-refractivity contribution in [3.63, 3.8) is 0 Å². The van der Waals surface area contributed by atoms with E-state index in [1.807, 2.05) is 20.8 Å². The molecule has 0 fully saturated rings. The molecule has 0 unspecified atom stereocenters. The lowest BCUT2D eigenvalue weighted by atomic mass is 10.2. The third kappa shape index (κ3) is 26.9. The van der Waals surface area contributed by atoms with Gasteiger partial charge in [0, 0.05) is 0 Å². The van der Waals surface area contributed by atoms with E-state index < -0.39 is 5.60 Å². The number of carbonyl (C=O) groups excluding carboxylic acids is 2. The van der Waals surface area contributed by atoms with Crippen molar-refractivity contribution in [2.45, 2.75) is 39.7 Å². The van der Waals surface area contributed by atoms with Crippen LogP contribution in [-0.2, 0) is 52.2 Å². The van der Waals surface area contributed by atoms with E-state index in [1.54, 1.807) is 6.92 Å². The van der Waals surface area contributed by atoms with Crippen LogP contribution in [0.25, 0.3) is 0 Å². The van der Waals surface area contributed by atoms with Crippen molar-refractivity contribution in [2.75, 3.05) is 99.1 Å². The van der Waals surface area contributed by atoms with Gasteiger partial charge in [-0.2, -0.15) is 0 Å². The average molecular weight is 497 g/mol. The van der Waals surface area contributed by atoms with Gasteiger partial charge in [0.15, 0.2) is 0 Å². The zero-order chi connectivity index (χ0) is 25.3. The molecule has 202 valence electrons. The van der Waals surface area contributed by atoms with Crippen LogP contribution in [0.1, 0.15) is 34.1 Å². The van der Waals surface area contributed by atoms with E-state index in [4.69, 9.17) is 42.6 Å². The van der Waals surface area contributed by atoms with Crippen molar-refractivity contribution >= 4 is 11.9 Å². The highest BCUT2D eigenvalue weighted by atomic mass is 16.6. The Hall–Kier alpha value is -1.34. The van der Waals surface area contributed by atoms with E-state index in [0.717, 1.165) is 0 Å². The van der Waals surface area contributed by atoms with Crippen molar-refractivity contribution < 1.29 is 52.2 Å². The molecule has 0 saturated heterocycles. The van der Waals surface area contributed by atoms with Crippen LogP contribution in [0.4, 0.5) is 0 Å². The van der Waals surface area contributed by atoms with E-state index in [-0.39, 0.29) is 25.0 Å². The van der Waals surface area contributed by atoms with Crippen LogP contribution in [0.2, 0.25) is 0 Å². The van der Waals surface area contributed by atoms with Gasteiger partial charge in [0.25, 0.3) is 0 Å². The monoisotopic (exact) mass is 496 g/mol. The van der Waals surface area contributed by atoms with Gasteiger partial charge in [0.05, 0.1) is 98.9 Å². The van der Waals surface area contributed by atoms with Gasteiger partial charge in [-0.1, -0.05) is 0 Å². The van der Waals surface area contributed by atoms with Gasteiger partial charge in [-0.3, -0.25) is 4.79 Å². The molecule has 0 spiro atoms. The maximum Gasteiger partial charge on any atom is 0.332 e. The smallest absolute Gasteiger partial charge is 0.332 e. The topological polar surface area (TPSA) is 117 Å². The first kappa shape index (κ1) is 32.7. The predicted molar refractivity (Wildman–Crippen MR) is 123 cm³/mol. The molecule has 0 N–H and O–H groups in total. The molecule has 0 aliphatic rings. The Bertz CT molecular complexity index is 480. The second-order valence-electron chi connectivity index (χ2n) is 7.87. The third-order valence-corrected chi connectivity index (χ3v) is 3.63. The standard InChI is InChI=1S/C23H44O11/c1-5-33-21(24)6-7-26-8-9-27-10-11-28-12-13-29-14-15-30-16-17-31-18-19-32-20-22(25)34-23(2,3)4/h5-20H2,1-4H3. The summed E-state index contributed by atoms with van der Waals surface area (Å²) in [6, 6.07) is 0. The summed E-state index contributed by atoms with van der Waals surface area (Å²) in [5, 5.41) is 0. The molecule has 0 heterocycles. The Morgan fingerprint density at radius 2 is 0.882 bits per heavy atom. The van der Waals surface area contributed by atoms with Crippen LogP contribution in [-0.4, -0.2) is 117 Å². The van der Waals surface area contributed by atoms with Crippen LogP contribution in [0, 0.1) is 0 Å². The lowest BCUT2D eigenvalue weighted by Crippen LogP contribution is -2.27. The Balaban J connectivity index is 3.14. The number of hydrogen-bond acceptors (Lipinski definition) is 11. The number of carbonyl (C=O) groups is 2. The lowest BCUT2D eigenvalue weighted by molar-refractivity contribution is -0.160. The molecule has 34 heavy (non-hydrogen) atoms. The molecule has 11 nitrogen and oxygen atoms in total. The minimum absolute atomic E-state index is 0.0834. The van der Waals surface area contributed by atoms with Crippen molar-refractivity contribution in [2.24, 2.45) is 0 Å². The zero-order valence-electron chi connectivity index (χ0n) is 21.3. The van der Waals surface area contributed by atoms with Gasteiger partial charge in [-0.15, -0.1) is 0 Å². The Labute approximate surface area is 203 Å². The quantitative estimate of drug-likeness (QED) is 0.143. The SMILES string of the molecule is CCOC(=O)CCOCCOCCOCCOCCOCCOCCOCC(=O)OC(C)(C)C. The third-order valence-electron chi connectivity index (χ3n) is 3.63. The molecule has 0 amide bonds. The molecule has 0 aliphatic carbocycles. The van der Waals surface area contributed by atoms with E-state index in [0.29, 0.717) is 92.5 Å². The molecule has 11 heteroatoms. The van der Waals surface area contributed by atoms with Crippen molar-refractivity contribution in [3.05, 3.63) is 0 Å². The summed E-state index contributed by atoms with van der Waals surface area (Å²) in [6.45, 7) is 13.1. The fourth-order valence-electron chi connectivity index (χ4n) is 2.23. The highest BCUT2D eigenvalue weighted by Crippen LogP contribution is 2.06. The summed E-state index contributed by atoms with van der Waals surface area (Å²) in [5.74, 6) is -0.643. The maximum atomic E-state index is 11.4. The molecular formula is C23H44O11. The minimum Gasteiger partial charge on any atom is -0.466 e. The van der Waals surface area contributed by atoms with Crippen LogP contribution in [0.15, 0.2) is 0 Å². The fraction of sp³-hybridized carbons (Fsp3) is 0.913. The first-order valence-corrected chi connectivity index (χ1v) is 11.8. The number of esters is 2.